The number of thiazole rings is 1. The molecule has 8 nitrogen and oxygen atoms in total. The van der Waals surface area contributed by atoms with E-state index < -0.39 is 36.7 Å². The first-order valence-electron chi connectivity index (χ1n) is 13.8. The number of aromatic nitrogens is 2. The van der Waals surface area contributed by atoms with E-state index in [4.69, 9.17) is 4.52 Å². The largest absolute Gasteiger partial charge is 0.391 e. The van der Waals surface area contributed by atoms with Gasteiger partial charge in [-0.25, -0.2) is 9.37 Å². The quantitative estimate of drug-likeness (QED) is 0.338. The van der Waals surface area contributed by atoms with Crippen molar-refractivity contribution in [2.75, 3.05) is 13.2 Å². The second-order valence-electron chi connectivity index (χ2n) is 11.4. The van der Waals surface area contributed by atoms with Crippen LogP contribution in [0.4, 0.5) is 4.39 Å². The van der Waals surface area contributed by atoms with Crippen molar-refractivity contribution in [1.29, 1.82) is 0 Å². The van der Waals surface area contributed by atoms with Crippen molar-refractivity contribution in [2.45, 2.75) is 78.0 Å². The number of aryl methyl sites for hydroxylation is 1. The number of β-amino-alcohol motifs (C(OH)–C–C–N with tert-alkyl or cyclic N) is 1. The van der Waals surface area contributed by atoms with Crippen LogP contribution in [0.3, 0.4) is 0 Å². The number of halogens is 1. The van der Waals surface area contributed by atoms with Crippen LogP contribution < -0.4 is 5.32 Å². The summed E-state index contributed by atoms with van der Waals surface area (Å²) in [6.45, 7) is 11.2. The molecule has 2 amide bonds. The molecule has 3 heterocycles. The molecule has 1 aliphatic heterocycles. The number of carbonyl (C=O) groups excluding carboxylic acids is 2. The van der Waals surface area contributed by atoms with Crippen molar-refractivity contribution >= 4 is 23.2 Å². The SMILES string of the molecule is Cc1ncsc1-c1ccc(C(CF)NC(=O)C2CC(O)CN2C(=O)C(c2cc([C@@H](C)C(C)C)no2)C(C)C)cc1. The minimum Gasteiger partial charge on any atom is -0.391 e. The monoisotopic (exact) mass is 570 g/mol. The summed E-state index contributed by atoms with van der Waals surface area (Å²) in [7, 11) is 0. The van der Waals surface area contributed by atoms with E-state index in [0.29, 0.717) is 17.2 Å². The number of hydrogen-bond acceptors (Lipinski definition) is 7. The fourth-order valence-corrected chi connectivity index (χ4v) is 5.96. The number of amides is 2. The Hall–Kier alpha value is -3.11. The van der Waals surface area contributed by atoms with E-state index in [1.807, 2.05) is 39.0 Å². The molecule has 1 saturated heterocycles. The van der Waals surface area contributed by atoms with Crippen molar-refractivity contribution < 1.29 is 23.6 Å². The van der Waals surface area contributed by atoms with Gasteiger partial charge >= 0.3 is 0 Å². The van der Waals surface area contributed by atoms with E-state index in [1.54, 1.807) is 17.6 Å². The summed E-state index contributed by atoms with van der Waals surface area (Å²) >= 11 is 1.53. The lowest BCUT2D eigenvalue weighted by molar-refractivity contribution is -0.141. The Balaban J connectivity index is 1.51. The summed E-state index contributed by atoms with van der Waals surface area (Å²) in [4.78, 5) is 34.0. The van der Waals surface area contributed by atoms with Crippen molar-refractivity contribution in [1.82, 2.24) is 20.4 Å². The molecule has 40 heavy (non-hydrogen) atoms. The van der Waals surface area contributed by atoms with Gasteiger partial charge in [0.15, 0.2) is 0 Å². The first-order chi connectivity index (χ1) is 19.0. The van der Waals surface area contributed by atoms with Gasteiger partial charge in [-0.05, 0) is 29.9 Å². The highest BCUT2D eigenvalue weighted by atomic mass is 32.1. The molecular weight excluding hydrogens is 531 g/mol. The molecule has 3 aromatic rings. The molecule has 0 radical (unpaired) electrons. The zero-order valence-corrected chi connectivity index (χ0v) is 24.7. The highest BCUT2D eigenvalue weighted by molar-refractivity contribution is 7.13. The fourth-order valence-electron chi connectivity index (χ4n) is 5.15. The number of aliphatic hydroxyl groups is 1. The maximum Gasteiger partial charge on any atom is 0.243 e. The Morgan fingerprint density at radius 1 is 1.18 bits per heavy atom. The summed E-state index contributed by atoms with van der Waals surface area (Å²) < 4.78 is 19.8. The topological polar surface area (TPSA) is 109 Å². The standard InChI is InChI=1S/C30H39FN4O4S/c1-16(2)18(5)23-12-26(39-34-23)27(17(3)4)30(38)35-14-22(36)11-25(35)29(37)33-24(13-31)20-7-9-21(10-8-20)28-19(6)32-15-40-28/h7-10,12,15-18,22,24-25,27,36H,11,13-14H2,1-6H3,(H,33,37)/t18-,22?,24?,25?,27?/m0/s1. The fraction of sp³-hybridized carbons (Fsp3) is 0.533. The molecule has 0 bridgehead atoms. The Labute approximate surface area is 239 Å². The predicted molar refractivity (Wildman–Crippen MR) is 153 cm³/mol. The third kappa shape index (κ3) is 6.28. The molecule has 1 aliphatic rings. The summed E-state index contributed by atoms with van der Waals surface area (Å²) in [5.41, 5.74) is 5.08. The van der Waals surface area contributed by atoms with Gasteiger partial charge in [0.2, 0.25) is 11.8 Å². The van der Waals surface area contributed by atoms with Gasteiger partial charge in [0.05, 0.1) is 33.9 Å². The molecule has 10 heteroatoms. The van der Waals surface area contributed by atoms with Crippen molar-refractivity contribution in [2.24, 2.45) is 11.8 Å². The number of alkyl halides is 1. The van der Waals surface area contributed by atoms with Crippen LogP contribution in [-0.2, 0) is 9.59 Å². The van der Waals surface area contributed by atoms with Gasteiger partial charge in [0.25, 0.3) is 0 Å². The molecule has 5 atom stereocenters. The first-order valence-corrected chi connectivity index (χ1v) is 14.7. The lowest BCUT2D eigenvalue weighted by atomic mass is 9.89. The molecule has 1 aromatic carbocycles. The first kappa shape index (κ1) is 29.9. The van der Waals surface area contributed by atoms with E-state index >= 15 is 0 Å². The molecule has 0 saturated carbocycles. The van der Waals surface area contributed by atoms with E-state index in [0.717, 1.165) is 21.8 Å². The van der Waals surface area contributed by atoms with Gasteiger partial charge < -0.3 is 19.8 Å². The number of hydrogen-bond donors (Lipinski definition) is 2. The van der Waals surface area contributed by atoms with Crippen LogP contribution in [0.5, 0.6) is 0 Å². The molecule has 2 N–H and O–H groups in total. The van der Waals surface area contributed by atoms with Crippen molar-refractivity contribution in [3.63, 3.8) is 0 Å². The third-order valence-corrected chi connectivity index (χ3v) is 8.89. The molecule has 0 spiro atoms. The van der Waals surface area contributed by atoms with Gasteiger partial charge in [-0.15, -0.1) is 11.3 Å². The molecule has 216 valence electrons. The summed E-state index contributed by atoms with van der Waals surface area (Å²) in [6.07, 6.45) is -0.777. The molecule has 2 aromatic heterocycles. The predicted octanol–water partition coefficient (Wildman–Crippen LogP) is 5.39. The Kier molecular flexibility index (Phi) is 9.41. The van der Waals surface area contributed by atoms with E-state index in [1.165, 1.54) is 16.2 Å². The summed E-state index contributed by atoms with van der Waals surface area (Å²) in [5.74, 6) is -0.656. The highest BCUT2D eigenvalue weighted by Crippen LogP contribution is 2.34. The van der Waals surface area contributed by atoms with Crippen LogP contribution in [0.15, 0.2) is 40.4 Å². The van der Waals surface area contributed by atoms with Crippen molar-refractivity contribution in [3.05, 3.63) is 58.6 Å². The number of likely N-dealkylation sites (tertiary alicyclic amines) is 1. The molecule has 1 fully saturated rings. The summed E-state index contributed by atoms with van der Waals surface area (Å²) in [5, 5.41) is 17.4. The van der Waals surface area contributed by atoms with Gasteiger partial charge in [-0.3, -0.25) is 9.59 Å². The Morgan fingerprint density at radius 2 is 1.88 bits per heavy atom. The lowest BCUT2D eigenvalue weighted by Crippen LogP contribution is -2.49. The van der Waals surface area contributed by atoms with Crippen LogP contribution in [0.1, 0.15) is 81.6 Å². The highest BCUT2D eigenvalue weighted by Gasteiger charge is 2.43. The Morgan fingerprint density at radius 3 is 2.45 bits per heavy atom. The Bertz CT molecular complexity index is 1310. The van der Waals surface area contributed by atoms with E-state index in [9.17, 15) is 19.1 Å². The van der Waals surface area contributed by atoms with Gasteiger partial charge in [-0.1, -0.05) is 64.0 Å². The lowest BCUT2D eigenvalue weighted by Gasteiger charge is -2.29. The van der Waals surface area contributed by atoms with E-state index in [2.05, 4.69) is 36.2 Å². The van der Waals surface area contributed by atoms with Crippen LogP contribution in [0.2, 0.25) is 0 Å². The third-order valence-electron chi connectivity index (χ3n) is 7.91. The summed E-state index contributed by atoms with van der Waals surface area (Å²) in [6, 6.07) is 7.38. The van der Waals surface area contributed by atoms with Crippen LogP contribution in [0, 0.1) is 18.8 Å². The van der Waals surface area contributed by atoms with Crippen LogP contribution in [0.25, 0.3) is 10.4 Å². The number of nitrogens with one attached hydrogen (secondary N) is 1. The van der Waals surface area contributed by atoms with Gasteiger partial charge in [0.1, 0.15) is 24.4 Å². The minimum atomic E-state index is -0.922. The molecule has 4 rings (SSSR count). The van der Waals surface area contributed by atoms with Gasteiger partial charge in [-0.2, -0.15) is 0 Å². The second-order valence-corrected chi connectivity index (χ2v) is 12.3. The molecule has 4 unspecified atom stereocenters. The van der Waals surface area contributed by atoms with E-state index in [-0.39, 0.29) is 30.7 Å². The van der Waals surface area contributed by atoms with Crippen molar-refractivity contribution in [3.8, 4) is 10.4 Å². The average molecular weight is 571 g/mol. The average Bonchev–Trinajstić information content (AvgIpc) is 3.66. The zero-order chi connectivity index (χ0) is 29.1. The molecular formula is C30H39FN4O4S. The number of rotatable bonds is 10. The molecule has 0 aliphatic carbocycles. The second kappa shape index (κ2) is 12.6. The maximum absolute atomic E-state index is 14.2. The minimum absolute atomic E-state index is 0.0206. The maximum atomic E-state index is 14.2. The number of benzene rings is 1. The number of aliphatic hydroxyl groups excluding tert-OH is 1. The number of carbonyl (C=O) groups is 2. The van der Waals surface area contributed by atoms with Crippen LogP contribution in [-0.4, -0.2) is 57.3 Å². The van der Waals surface area contributed by atoms with Gasteiger partial charge in [0, 0.05) is 24.9 Å². The van der Waals surface area contributed by atoms with Crippen LogP contribution >= 0.6 is 11.3 Å². The normalized spacial score (nSPS) is 19.7. The number of nitrogens with zero attached hydrogens (tertiary/aromatic N) is 3. The zero-order valence-electron chi connectivity index (χ0n) is 23.9. The smallest absolute Gasteiger partial charge is 0.243 e.